The molecule has 0 atom stereocenters. The van der Waals surface area contributed by atoms with Gasteiger partial charge in [0.25, 0.3) is 10.0 Å². The molecule has 0 heterocycles. The van der Waals surface area contributed by atoms with Gasteiger partial charge in [-0.3, -0.25) is 9.10 Å². The van der Waals surface area contributed by atoms with Crippen molar-refractivity contribution in [1.82, 2.24) is 0 Å². The van der Waals surface area contributed by atoms with E-state index >= 15 is 0 Å². The van der Waals surface area contributed by atoms with E-state index in [1.54, 1.807) is 48.5 Å². The largest absolute Gasteiger partial charge is 0.370 e. The highest BCUT2D eigenvalue weighted by molar-refractivity contribution is 7.92. The van der Waals surface area contributed by atoms with Crippen LogP contribution in [0.5, 0.6) is 0 Å². The molecule has 0 unspecified atom stereocenters. The Morgan fingerprint density at radius 3 is 2.18 bits per heavy atom. The Morgan fingerprint density at radius 2 is 1.64 bits per heavy atom. The molecule has 6 heteroatoms. The molecule has 0 aromatic heterocycles. The summed E-state index contributed by atoms with van der Waals surface area (Å²) >= 11 is 0. The van der Waals surface area contributed by atoms with Gasteiger partial charge in [-0.05, 0) is 36.2 Å². The van der Waals surface area contributed by atoms with E-state index < -0.39 is 10.0 Å². The van der Waals surface area contributed by atoms with Crippen LogP contribution >= 0.6 is 0 Å². The first-order valence-corrected chi connectivity index (χ1v) is 8.26. The van der Waals surface area contributed by atoms with Crippen molar-refractivity contribution in [3.8, 4) is 0 Å². The zero-order chi connectivity index (χ0) is 16.2. The smallest absolute Gasteiger partial charge is 0.264 e. The predicted molar refractivity (Wildman–Crippen MR) is 86.0 cm³/mol. The number of para-hydroxylation sites is 1. The number of nitrogens with zero attached hydrogens (tertiary/aromatic N) is 1. The Kier molecular flexibility index (Phi) is 4.82. The van der Waals surface area contributed by atoms with Crippen LogP contribution in [0, 0.1) is 0 Å². The molecule has 2 rings (SSSR count). The van der Waals surface area contributed by atoms with Crippen LogP contribution in [0.25, 0.3) is 0 Å². The number of hydrogen-bond acceptors (Lipinski definition) is 3. The van der Waals surface area contributed by atoms with E-state index in [1.165, 1.54) is 11.4 Å². The van der Waals surface area contributed by atoms with Crippen molar-refractivity contribution >= 4 is 21.6 Å². The van der Waals surface area contributed by atoms with Gasteiger partial charge >= 0.3 is 0 Å². The SMILES string of the molecule is CN(c1ccccc1)S(=O)(=O)c1ccc(CCC(N)=O)cc1. The Hall–Kier alpha value is -2.34. The molecule has 0 radical (unpaired) electrons. The van der Waals surface area contributed by atoms with Crippen LogP contribution in [0.15, 0.2) is 59.5 Å². The van der Waals surface area contributed by atoms with Crippen molar-refractivity contribution in [2.45, 2.75) is 17.7 Å². The second-order valence-electron chi connectivity index (χ2n) is 4.92. The molecule has 0 spiro atoms. The van der Waals surface area contributed by atoms with Crippen molar-refractivity contribution < 1.29 is 13.2 Å². The number of aryl methyl sites for hydroxylation is 1. The van der Waals surface area contributed by atoms with Gasteiger partial charge in [0.15, 0.2) is 0 Å². The molecule has 0 aliphatic rings. The summed E-state index contributed by atoms with van der Waals surface area (Å²) in [5.41, 5.74) is 6.57. The fourth-order valence-corrected chi connectivity index (χ4v) is 3.23. The summed E-state index contributed by atoms with van der Waals surface area (Å²) in [6.07, 6.45) is 0.750. The van der Waals surface area contributed by atoms with Crippen LogP contribution in [0.4, 0.5) is 5.69 Å². The maximum atomic E-state index is 12.6. The lowest BCUT2D eigenvalue weighted by molar-refractivity contribution is -0.117. The molecule has 0 saturated heterocycles. The molecule has 0 aliphatic heterocycles. The van der Waals surface area contributed by atoms with E-state index in [9.17, 15) is 13.2 Å². The molecule has 2 N–H and O–H groups in total. The Morgan fingerprint density at radius 1 is 1.05 bits per heavy atom. The first-order chi connectivity index (χ1) is 10.4. The fraction of sp³-hybridized carbons (Fsp3) is 0.188. The summed E-state index contributed by atoms with van der Waals surface area (Å²) in [4.78, 5) is 11.0. The van der Waals surface area contributed by atoms with Gasteiger partial charge in [-0.1, -0.05) is 30.3 Å². The van der Waals surface area contributed by atoms with Gasteiger partial charge in [0.05, 0.1) is 10.6 Å². The minimum absolute atomic E-state index is 0.210. The summed E-state index contributed by atoms with van der Waals surface area (Å²) in [6, 6.07) is 15.4. The van der Waals surface area contributed by atoms with Crippen LogP contribution in [0.1, 0.15) is 12.0 Å². The summed E-state index contributed by atoms with van der Waals surface area (Å²) in [5.74, 6) is -0.375. The Labute approximate surface area is 130 Å². The average Bonchev–Trinajstić information content (AvgIpc) is 2.53. The van der Waals surface area contributed by atoms with Gasteiger partial charge in [0.2, 0.25) is 5.91 Å². The quantitative estimate of drug-likeness (QED) is 0.883. The number of anilines is 1. The first kappa shape index (κ1) is 16.0. The number of carbonyl (C=O) groups is 1. The molecule has 22 heavy (non-hydrogen) atoms. The second-order valence-corrected chi connectivity index (χ2v) is 6.89. The van der Waals surface area contributed by atoms with E-state index in [1.807, 2.05) is 6.07 Å². The normalized spacial score (nSPS) is 11.1. The fourth-order valence-electron chi connectivity index (χ4n) is 2.03. The first-order valence-electron chi connectivity index (χ1n) is 6.82. The topological polar surface area (TPSA) is 80.5 Å². The molecule has 0 saturated carbocycles. The highest BCUT2D eigenvalue weighted by Crippen LogP contribution is 2.22. The lowest BCUT2D eigenvalue weighted by atomic mass is 10.1. The van der Waals surface area contributed by atoms with Gasteiger partial charge in [0, 0.05) is 13.5 Å². The van der Waals surface area contributed by atoms with Crippen molar-refractivity contribution in [2.24, 2.45) is 5.73 Å². The Balaban J connectivity index is 2.21. The van der Waals surface area contributed by atoms with Crippen LogP contribution < -0.4 is 10.0 Å². The number of sulfonamides is 1. The maximum absolute atomic E-state index is 12.6. The van der Waals surface area contributed by atoms with Crippen molar-refractivity contribution in [3.63, 3.8) is 0 Å². The van der Waals surface area contributed by atoms with E-state index in [0.717, 1.165) is 5.56 Å². The van der Waals surface area contributed by atoms with E-state index in [-0.39, 0.29) is 17.2 Å². The average molecular weight is 318 g/mol. The molecule has 0 bridgehead atoms. The lowest BCUT2D eigenvalue weighted by Crippen LogP contribution is -2.26. The molecule has 2 aromatic carbocycles. The zero-order valence-corrected chi connectivity index (χ0v) is 13.1. The highest BCUT2D eigenvalue weighted by Gasteiger charge is 2.20. The van der Waals surface area contributed by atoms with Crippen molar-refractivity contribution in [2.75, 3.05) is 11.4 Å². The molecule has 116 valence electrons. The standard InChI is InChI=1S/C16H18N2O3S/c1-18(14-5-3-2-4-6-14)22(20,21)15-10-7-13(8-11-15)9-12-16(17)19/h2-8,10-11H,9,12H2,1H3,(H2,17,19). The molecular formula is C16H18N2O3S. The zero-order valence-electron chi connectivity index (χ0n) is 12.3. The minimum Gasteiger partial charge on any atom is -0.370 e. The number of benzene rings is 2. The molecular weight excluding hydrogens is 300 g/mol. The number of carbonyl (C=O) groups excluding carboxylic acids is 1. The highest BCUT2D eigenvalue weighted by atomic mass is 32.2. The molecule has 0 aliphatic carbocycles. The van der Waals surface area contributed by atoms with E-state index in [0.29, 0.717) is 12.1 Å². The molecule has 1 amide bonds. The minimum atomic E-state index is -3.60. The maximum Gasteiger partial charge on any atom is 0.264 e. The van der Waals surface area contributed by atoms with Crippen molar-refractivity contribution in [3.05, 3.63) is 60.2 Å². The predicted octanol–water partition coefficient (Wildman–Crippen LogP) is 1.93. The molecule has 2 aromatic rings. The summed E-state index contributed by atoms with van der Waals surface area (Å²) in [5, 5.41) is 0. The van der Waals surface area contributed by atoms with Gasteiger partial charge in [-0.25, -0.2) is 8.42 Å². The third-order valence-electron chi connectivity index (χ3n) is 3.36. The van der Waals surface area contributed by atoms with Gasteiger partial charge in [-0.15, -0.1) is 0 Å². The summed E-state index contributed by atoms with van der Waals surface area (Å²) in [6.45, 7) is 0. The Bertz CT molecular complexity index is 741. The summed E-state index contributed by atoms with van der Waals surface area (Å²) in [7, 11) is -2.08. The van der Waals surface area contributed by atoms with E-state index in [2.05, 4.69) is 0 Å². The number of amides is 1. The monoisotopic (exact) mass is 318 g/mol. The number of hydrogen-bond donors (Lipinski definition) is 1. The lowest BCUT2D eigenvalue weighted by Gasteiger charge is -2.19. The number of rotatable bonds is 6. The van der Waals surface area contributed by atoms with Gasteiger partial charge in [0.1, 0.15) is 0 Å². The van der Waals surface area contributed by atoms with Gasteiger partial charge < -0.3 is 5.73 Å². The van der Waals surface area contributed by atoms with E-state index in [4.69, 9.17) is 5.73 Å². The van der Waals surface area contributed by atoms with Crippen molar-refractivity contribution in [1.29, 1.82) is 0 Å². The summed E-state index contributed by atoms with van der Waals surface area (Å²) < 4.78 is 26.4. The van der Waals surface area contributed by atoms with Gasteiger partial charge in [-0.2, -0.15) is 0 Å². The van der Waals surface area contributed by atoms with Crippen LogP contribution in [-0.2, 0) is 21.2 Å². The van der Waals surface area contributed by atoms with Crippen LogP contribution in [0.3, 0.4) is 0 Å². The van der Waals surface area contributed by atoms with Crippen LogP contribution in [-0.4, -0.2) is 21.4 Å². The second kappa shape index (κ2) is 6.62. The third kappa shape index (κ3) is 3.65. The number of primary amides is 1. The van der Waals surface area contributed by atoms with Crippen LogP contribution in [0.2, 0.25) is 0 Å². The molecule has 0 fully saturated rings. The number of nitrogens with two attached hydrogens (primary N) is 1. The molecule has 5 nitrogen and oxygen atoms in total. The third-order valence-corrected chi connectivity index (χ3v) is 5.16.